The van der Waals surface area contributed by atoms with Crippen LogP contribution in [0.25, 0.3) is 0 Å². The molecule has 1 unspecified atom stereocenters. The average Bonchev–Trinajstić information content (AvgIpc) is 3.50. The average molecular weight is 456 g/mol. The van der Waals surface area contributed by atoms with E-state index in [0.717, 1.165) is 4.68 Å². The predicted molar refractivity (Wildman–Crippen MR) is 118 cm³/mol. The van der Waals surface area contributed by atoms with Crippen LogP contribution in [0.1, 0.15) is 54.9 Å². The number of aromatic nitrogens is 2. The van der Waals surface area contributed by atoms with Crippen LogP contribution < -0.4 is 11.1 Å². The van der Waals surface area contributed by atoms with Crippen LogP contribution in [-0.4, -0.2) is 61.8 Å². The molecule has 2 aliphatic heterocycles. The third-order valence-electron chi connectivity index (χ3n) is 6.28. The van der Waals surface area contributed by atoms with Gasteiger partial charge in [0.2, 0.25) is 17.6 Å². The molecule has 0 bridgehead atoms. The SMILES string of the molecule is Cn1nc(C(=O)C2CCCN2C(=O)CNC(C)(C)CC(=O)N2Cc3ccccc3C2)oc1=O. The second-order valence-corrected chi connectivity index (χ2v) is 9.34. The van der Waals surface area contributed by atoms with Gasteiger partial charge in [-0.25, -0.2) is 4.79 Å². The summed E-state index contributed by atoms with van der Waals surface area (Å²) in [5.74, 6) is -1.68. The molecule has 0 aliphatic carbocycles. The summed E-state index contributed by atoms with van der Waals surface area (Å²) in [4.78, 5) is 53.3. The van der Waals surface area contributed by atoms with Gasteiger partial charge in [-0.1, -0.05) is 24.3 Å². The topological polar surface area (TPSA) is 118 Å². The number of nitrogens with one attached hydrogen (secondary N) is 1. The summed E-state index contributed by atoms with van der Waals surface area (Å²) in [5, 5.41) is 6.99. The van der Waals surface area contributed by atoms with Gasteiger partial charge in [-0.2, -0.15) is 4.68 Å². The molecule has 0 spiro atoms. The van der Waals surface area contributed by atoms with E-state index in [1.54, 1.807) is 0 Å². The van der Waals surface area contributed by atoms with E-state index in [1.807, 2.05) is 43.0 Å². The number of rotatable bonds is 7. The minimum absolute atomic E-state index is 0.00352. The molecule has 1 N–H and O–H groups in total. The highest BCUT2D eigenvalue weighted by atomic mass is 16.4. The molecule has 2 aliphatic rings. The van der Waals surface area contributed by atoms with Crippen molar-refractivity contribution >= 4 is 17.6 Å². The highest BCUT2D eigenvalue weighted by molar-refractivity contribution is 5.98. The molecule has 2 aromatic rings. The first-order valence-corrected chi connectivity index (χ1v) is 11.1. The lowest BCUT2D eigenvalue weighted by molar-refractivity contribution is -0.134. The first-order valence-electron chi connectivity index (χ1n) is 11.1. The van der Waals surface area contributed by atoms with E-state index in [-0.39, 0.29) is 30.7 Å². The summed E-state index contributed by atoms with van der Waals surface area (Å²) in [7, 11) is 1.40. The van der Waals surface area contributed by atoms with E-state index < -0.39 is 23.1 Å². The normalized spacial score (nSPS) is 18.0. The maximum atomic E-state index is 12.9. The second kappa shape index (κ2) is 8.93. The van der Waals surface area contributed by atoms with E-state index in [2.05, 4.69) is 10.4 Å². The monoisotopic (exact) mass is 455 g/mol. The highest BCUT2D eigenvalue weighted by Crippen LogP contribution is 2.25. The number of likely N-dealkylation sites (tertiary alicyclic amines) is 1. The summed E-state index contributed by atoms with van der Waals surface area (Å²) >= 11 is 0. The number of Topliss-reactive ketones (excluding diaryl/α,β-unsaturated/α-hetero) is 1. The molecule has 1 aromatic heterocycles. The summed E-state index contributed by atoms with van der Waals surface area (Å²) in [6.07, 6.45) is 1.41. The molecule has 0 radical (unpaired) electrons. The van der Waals surface area contributed by atoms with Gasteiger partial charge in [-0.05, 0) is 37.8 Å². The molecule has 1 atom stereocenters. The minimum atomic E-state index is -0.719. The van der Waals surface area contributed by atoms with Crippen LogP contribution in [0.3, 0.4) is 0 Å². The van der Waals surface area contributed by atoms with Crippen molar-refractivity contribution in [3.8, 4) is 0 Å². The smallest absolute Gasteiger partial charge is 0.384 e. The van der Waals surface area contributed by atoms with E-state index in [9.17, 15) is 19.2 Å². The van der Waals surface area contributed by atoms with Crippen molar-refractivity contribution in [2.24, 2.45) is 7.05 Å². The maximum Gasteiger partial charge on any atom is 0.437 e. The number of carbonyl (C=O) groups excluding carboxylic acids is 3. The molecule has 33 heavy (non-hydrogen) atoms. The van der Waals surface area contributed by atoms with Crippen LogP contribution in [0, 0.1) is 0 Å². The van der Waals surface area contributed by atoms with Crippen LogP contribution in [0.15, 0.2) is 33.5 Å². The second-order valence-electron chi connectivity index (χ2n) is 9.34. The van der Waals surface area contributed by atoms with Gasteiger partial charge in [-0.3, -0.25) is 14.4 Å². The van der Waals surface area contributed by atoms with E-state index in [0.29, 0.717) is 32.5 Å². The molecule has 10 heteroatoms. The Labute approximate surface area is 191 Å². The van der Waals surface area contributed by atoms with Crippen molar-refractivity contribution in [1.29, 1.82) is 0 Å². The Balaban J connectivity index is 1.32. The van der Waals surface area contributed by atoms with Gasteiger partial charge in [0.05, 0.1) is 6.54 Å². The van der Waals surface area contributed by atoms with Crippen molar-refractivity contribution in [3.63, 3.8) is 0 Å². The summed E-state index contributed by atoms with van der Waals surface area (Å²) in [5.41, 5.74) is 1.73. The number of ketones is 1. The zero-order valence-electron chi connectivity index (χ0n) is 19.2. The fourth-order valence-corrected chi connectivity index (χ4v) is 4.40. The van der Waals surface area contributed by atoms with E-state index in [1.165, 1.54) is 23.1 Å². The first-order chi connectivity index (χ1) is 15.6. The number of fused-ring (bicyclic) bond motifs is 1. The number of aryl methyl sites for hydroxylation is 1. The Bertz CT molecular complexity index is 1110. The summed E-state index contributed by atoms with van der Waals surface area (Å²) in [6.45, 7) is 5.42. The van der Waals surface area contributed by atoms with Gasteiger partial charge < -0.3 is 19.5 Å². The van der Waals surface area contributed by atoms with Gasteiger partial charge >= 0.3 is 5.76 Å². The van der Waals surface area contributed by atoms with Crippen LogP contribution in [0.5, 0.6) is 0 Å². The van der Waals surface area contributed by atoms with Gasteiger partial charge in [0, 0.05) is 38.6 Å². The zero-order chi connectivity index (χ0) is 23.8. The Morgan fingerprint density at radius 3 is 2.42 bits per heavy atom. The maximum absolute atomic E-state index is 12.9. The van der Waals surface area contributed by atoms with E-state index >= 15 is 0 Å². The van der Waals surface area contributed by atoms with Crippen molar-refractivity contribution in [1.82, 2.24) is 24.9 Å². The van der Waals surface area contributed by atoms with Gasteiger partial charge in [-0.15, -0.1) is 5.10 Å². The Kier molecular flexibility index (Phi) is 6.20. The van der Waals surface area contributed by atoms with Crippen molar-refractivity contribution in [3.05, 3.63) is 51.8 Å². The zero-order valence-corrected chi connectivity index (χ0v) is 19.2. The Morgan fingerprint density at radius 2 is 1.82 bits per heavy atom. The first kappa shape index (κ1) is 22.9. The lowest BCUT2D eigenvalue weighted by Crippen LogP contribution is -2.50. The quantitative estimate of drug-likeness (QED) is 0.615. The molecule has 4 rings (SSSR count). The fourth-order valence-electron chi connectivity index (χ4n) is 4.40. The number of hydrogen-bond acceptors (Lipinski definition) is 7. The largest absolute Gasteiger partial charge is 0.437 e. The van der Waals surface area contributed by atoms with Crippen LogP contribution in [0.4, 0.5) is 0 Å². The third-order valence-corrected chi connectivity index (χ3v) is 6.28. The number of nitrogens with zero attached hydrogens (tertiary/aromatic N) is 4. The van der Waals surface area contributed by atoms with E-state index in [4.69, 9.17) is 4.42 Å². The van der Waals surface area contributed by atoms with Crippen LogP contribution in [0.2, 0.25) is 0 Å². The molecule has 3 heterocycles. The Hall–Kier alpha value is -3.27. The number of amides is 2. The third kappa shape index (κ3) is 4.90. The van der Waals surface area contributed by atoms with Gasteiger partial charge in [0.15, 0.2) is 0 Å². The molecule has 1 aromatic carbocycles. The summed E-state index contributed by atoms with van der Waals surface area (Å²) in [6, 6.07) is 7.32. The molecule has 1 saturated heterocycles. The predicted octanol–water partition coefficient (Wildman–Crippen LogP) is 0.848. The lowest BCUT2D eigenvalue weighted by Gasteiger charge is -2.30. The number of hydrogen-bond donors (Lipinski definition) is 1. The van der Waals surface area contributed by atoms with Gasteiger partial charge in [0.25, 0.3) is 5.89 Å². The standard InChI is InChI=1S/C23H29N5O5/c1-23(2,11-18(29)27-13-15-7-4-5-8-16(15)14-27)24-12-19(30)28-10-6-9-17(28)20(31)21-25-26(3)22(32)33-21/h4-5,7-8,17,24H,6,9-14H2,1-3H3. The van der Waals surface area contributed by atoms with Crippen LogP contribution >= 0.6 is 0 Å². The molecular formula is C23H29N5O5. The molecule has 176 valence electrons. The number of benzene rings is 1. The lowest BCUT2D eigenvalue weighted by atomic mass is 9.99. The molecule has 2 amide bonds. The minimum Gasteiger partial charge on any atom is -0.384 e. The van der Waals surface area contributed by atoms with Crippen molar-refractivity contribution in [2.45, 2.75) is 57.8 Å². The van der Waals surface area contributed by atoms with Gasteiger partial charge in [0.1, 0.15) is 6.04 Å². The highest BCUT2D eigenvalue weighted by Gasteiger charge is 2.37. The van der Waals surface area contributed by atoms with Crippen molar-refractivity contribution < 1.29 is 18.8 Å². The number of carbonyl (C=O) groups is 3. The van der Waals surface area contributed by atoms with Crippen LogP contribution in [-0.2, 0) is 29.7 Å². The molecule has 10 nitrogen and oxygen atoms in total. The molecule has 0 saturated carbocycles. The Morgan fingerprint density at radius 1 is 1.15 bits per heavy atom. The molecular weight excluding hydrogens is 426 g/mol. The summed E-state index contributed by atoms with van der Waals surface area (Å²) < 4.78 is 5.85. The fraction of sp³-hybridized carbons (Fsp3) is 0.522. The van der Waals surface area contributed by atoms with Crippen molar-refractivity contribution in [2.75, 3.05) is 13.1 Å². The molecule has 1 fully saturated rings.